The molecule has 1 aliphatic rings. The van der Waals surface area contributed by atoms with Gasteiger partial charge in [-0.15, -0.1) is 0 Å². The Morgan fingerprint density at radius 1 is 1.42 bits per heavy atom. The zero-order chi connectivity index (χ0) is 14.3. The van der Waals surface area contributed by atoms with E-state index in [9.17, 15) is 5.11 Å². The average Bonchev–Trinajstić information content (AvgIpc) is 2.39. The molecule has 0 amide bonds. The summed E-state index contributed by atoms with van der Waals surface area (Å²) < 4.78 is 15.9. The van der Waals surface area contributed by atoms with Gasteiger partial charge in [0.05, 0.1) is 44.7 Å². The second kappa shape index (κ2) is 8.84. The topological polar surface area (TPSA) is 71.4 Å². The van der Waals surface area contributed by atoms with Crippen molar-refractivity contribution in [1.29, 1.82) is 0 Å². The summed E-state index contributed by atoms with van der Waals surface area (Å²) in [6.45, 7) is 6.54. The highest BCUT2D eigenvalue weighted by molar-refractivity contribution is 4.79. The van der Waals surface area contributed by atoms with Crippen LogP contribution in [-0.2, 0) is 14.2 Å². The molecule has 4 unspecified atom stereocenters. The first-order valence-electron chi connectivity index (χ1n) is 6.81. The molecule has 4 atom stereocenters. The van der Waals surface area contributed by atoms with Crippen LogP contribution < -0.4 is 0 Å². The van der Waals surface area contributed by atoms with Crippen LogP contribution in [0.5, 0.6) is 0 Å². The van der Waals surface area contributed by atoms with Crippen molar-refractivity contribution in [2.75, 3.05) is 46.6 Å². The maximum absolute atomic E-state index is 9.98. The largest absolute Gasteiger partial charge is 0.394 e. The van der Waals surface area contributed by atoms with E-state index in [1.165, 1.54) is 0 Å². The number of β-amino-alcohol motifs (C(OH)–C–C–N with tert-alkyl or cyclic N) is 1. The van der Waals surface area contributed by atoms with Crippen LogP contribution in [0.2, 0.25) is 0 Å². The Bertz CT molecular complexity index is 241. The number of hydrogen-bond acceptors (Lipinski definition) is 6. The lowest BCUT2D eigenvalue weighted by atomic mass is 10.2. The molecule has 0 aromatic rings. The van der Waals surface area contributed by atoms with E-state index in [0.29, 0.717) is 32.9 Å². The molecular formula is C13H27NO5. The summed E-state index contributed by atoms with van der Waals surface area (Å²) in [5.74, 6) is 0. The smallest absolute Gasteiger partial charge is 0.0933 e. The number of morpholine rings is 1. The normalized spacial score (nSPS) is 28.3. The zero-order valence-electron chi connectivity index (χ0n) is 12.1. The van der Waals surface area contributed by atoms with Gasteiger partial charge in [0.15, 0.2) is 0 Å². The third kappa shape index (κ3) is 6.16. The van der Waals surface area contributed by atoms with E-state index in [1.807, 2.05) is 6.92 Å². The number of aliphatic hydroxyl groups excluding tert-OH is 2. The summed E-state index contributed by atoms with van der Waals surface area (Å²) in [7, 11) is 1.63. The predicted molar refractivity (Wildman–Crippen MR) is 71.2 cm³/mol. The summed E-state index contributed by atoms with van der Waals surface area (Å²) in [5, 5.41) is 19.1. The molecule has 0 radical (unpaired) electrons. The molecule has 2 N–H and O–H groups in total. The van der Waals surface area contributed by atoms with Gasteiger partial charge in [-0.25, -0.2) is 0 Å². The maximum atomic E-state index is 9.98. The van der Waals surface area contributed by atoms with E-state index in [2.05, 4.69) is 11.8 Å². The van der Waals surface area contributed by atoms with Gasteiger partial charge >= 0.3 is 0 Å². The Hall–Kier alpha value is -0.240. The summed E-state index contributed by atoms with van der Waals surface area (Å²) in [4.78, 5) is 2.12. The van der Waals surface area contributed by atoms with Crippen molar-refractivity contribution in [2.24, 2.45) is 0 Å². The van der Waals surface area contributed by atoms with Crippen molar-refractivity contribution in [3.63, 3.8) is 0 Å². The Morgan fingerprint density at radius 3 is 2.79 bits per heavy atom. The van der Waals surface area contributed by atoms with Crippen molar-refractivity contribution in [2.45, 2.75) is 38.2 Å². The minimum atomic E-state index is -0.542. The first-order chi connectivity index (χ1) is 9.06. The van der Waals surface area contributed by atoms with Crippen molar-refractivity contribution in [1.82, 2.24) is 4.90 Å². The monoisotopic (exact) mass is 277 g/mol. The van der Waals surface area contributed by atoms with E-state index >= 15 is 0 Å². The van der Waals surface area contributed by atoms with Gasteiger partial charge in [0, 0.05) is 26.2 Å². The highest BCUT2D eigenvalue weighted by atomic mass is 16.5. The quantitative estimate of drug-likeness (QED) is 0.622. The predicted octanol–water partition coefficient (Wildman–Crippen LogP) is -0.520. The van der Waals surface area contributed by atoms with E-state index in [0.717, 1.165) is 0 Å². The zero-order valence-corrected chi connectivity index (χ0v) is 12.1. The molecule has 1 rings (SSSR count). The molecule has 6 heteroatoms. The van der Waals surface area contributed by atoms with Gasteiger partial charge in [-0.3, -0.25) is 4.90 Å². The van der Waals surface area contributed by atoms with Crippen LogP contribution in [0.4, 0.5) is 0 Å². The van der Waals surface area contributed by atoms with E-state index in [4.69, 9.17) is 19.3 Å². The fourth-order valence-corrected chi connectivity index (χ4v) is 2.12. The first-order valence-corrected chi connectivity index (χ1v) is 6.81. The van der Waals surface area contributed by atoms with Crippen molar-refractivity contribution < 1.29 is 24.4 Å². The molecule has 1 saturated heterocycles. The van der Waals surface area contributed by atoms with Crippen LogP contribution in [0.25, 0.3) is 0 Å². The molecule has 0 aromatic heterocycles. The number of rotatable bonds is 8. The molecule has 1 heterocycles. The number of hydrogen-bond donors (Lipinski definition) is 2. The first kappa shape index (κ1) is 16.8. The summed E-state index contributed by atoms with van der Waals surface area (Å²) in [5.41, 5.74) is 0. The van der Waals surface area contributed by atoms with Crippen LogP contribution in [0, 0.1) is 0 Å². The van der Waals surface area contributed by atoms with Crippen LogP contribution >= 0.6 is 0 Å². The van der Waals surface area contributed by atoms with Crippen molar-refractivity contribution in [3.8, 4) is 0 Å². The maximum Gasteiger partial charge on any atom is 0.0933 e. The molecule has 0 aliphatic carbocycles. The third-order valence-corrected chi connectivity index (χ3v) is 3.26. The number of ether oxygens (including phenoxy) is 3. The molecule has 19 heavy (non-hydrogen) atoms. The molecule has 6 nitrogen and oxygen atoms in total. The van der Waals surface area contributed by atoms with Gasteiger partial charge in [0.2, 0.25) is 0 Å². The van der Waals surface area contributed by atoms with Gasteiger partial charge < -0.3 is 24.4 Å². The van der Waals surface area contributed by atoms with Gasteiger partial charge in [0.25, 0.3) is 0 Å². The Kier molecular flexibility index (Phi) is 7.82. The molecule has 0 bridgehead atoms. The van der Waals surface area contributed by atoms with Crippen molar-refractivity contribution >= 4 is 0 Å². The summed E-state index contributed by atoms with van der Waals surface area (Å²) >= 11 is 0. The Morgan fingerprint density at radius 2 is 2.16 bits per heavy atom. The fraction of sp³-hybridized carbons (Fsp3) is 1.00. The van der Waals surface area contributed by atoms with Crippen molar-refractivity contribution in [3.05, 3.63) is 0 Å². The minimum absolute atomic E-state index is 0.0146. The molecule has 1 aliphatic heterocycles. The lowest BCUT2D eigenvalue weighted by Crippen LogP contribution is -2.52. The fourth-order valence-electron chi connectivity index (χ4n) is 2.12. The standard InChI is InChI=1S/C13H27NO5/c1-10-7-19-13(6-15)5-14(10)4-12(16)9-18-11(2)8-17-3/h10-13,15-16H,4-9H2,1-3H3. The van der Waals surface area contributed by atoms with Gasteiger partial charge in [-0.1, -0.05) is 0 Å². The lowest BCUT2D eigenvalue weighted by Gasteiger charge is -2.38. The van der Waals surface area contributed by atoms with Crippen LogP contribution in [0.15, 0.2) is 0 Å². The number of methoxy groups -OCH3 is 1. The van der Waals surface area contributed by atoms with Gasteiger partial charge in [0.1, 0.15) is 0 Å². The second-order valence-electron chi connectivity index (χ2n) is 5.19. The van der Waals surface area contributed by atoms with Gasteiger partial charge in [-0.2, -0.15) is 0 Å². The molecule has 114 valence electrons. The minimum Gasteiger partial charge on any atom is -0.394 e. The number of nitrogens with zero attached hydrogens (tertiary/aromatic N) is 1. The highest BCUT2D eigenvalue weighted by Crippen LogP contribution is 2.12. The van der Waals surface area contributed by atoms with Crippen LogP contribution in [-0.4, -0.2) is 86.1 Å². The average molecular weight is 277 g/mol. The summed E-state index contributed by atoms with van der Waals surface area (Å²) in [6.07, 6.45) is -0.720. The second-order valence-corrected chi connectivity index (χ2v) is 5.19. The molecule has 0 aromatic carbocycles. The molecule has 0 saturated carbocycles. The molecule has 1 fully saturated rings. The highest BCUT2D eigenvalue weighted by Gasteiger charge is 2.27. The number of aliphatic hydroxyl groups is 2. The van der Waals surface area contributed by atoms with Gasteiger partial charge in [-0.05, 0) is 13.8 Å². The van der Waals surface area contributed by atoms with Crippen LogP contribution in [0.3, 0.4) is 0 Å². The molecular weight excluding hydrogens is 250 g/mol. The van der Waals surface area contributed by atoms with E-state index in [1.54, 1.807) is 7.11 Å². The van der Waals surface area contributed by atoms with E-state index < -0.39 is 6.10 Å². The SMILES string of the molecule is COCC(C)OCC(O)CN1CC(CO)OCC1C. The summed E-state index contributed by atoms with van der Waals surface area (Å²) in [6, 6.07) is 0.244. The Labute approximate surface area is 115 Å². The lowest BCUT2D eigenvalue weighted by molar-refractivity contribution is -0.0967. The third-order valence-electron chi connectivity index (χ3n) is 3.26. The molecule has 0 spiro atoms. The van der Waals surface area contributed by atoms with Crippen LogP contribution in [0.1, 0.15) is 13.8 Å². The van der Waals surface area contributed by atoms with E-state index in [-0.39, 0.29) is 24.9 Å². The Balaban J connectivity index is 2.27.